The number of allylic oxidation sites excluding steroid dienone is 2. The minimum absolute atomic E-state index is 0.0192. The fraction of sp³-hybridized carbons (Fsp3) is 0.710. The van der Waals surface area contributed by atoms with E-state index in [2.05, 4.69) is 23.6 Å². The van der Waals surface area contributed by atoms with E-state index in [1.165, 1.54) is 13.0 Å². The fourth-order valence-electron chi connectivity index (χ4n) is 5.53. The molecule has 3 aliphatic heterocycles. The van der Waals surface area contributed by atoms with E-state index >= 15 is 0 Å². The second-order valence-electron chi connectivity index (χ2n) is 12.3. The van der Waals surface area contributed by atoms with Gasteiger partial charge in [0.05, 0.1) is 54.8 Å². The summed E-state index contributed by atoms with van der Waals surface area (Å²) in [6, 6.07) is -0.118. The fourth-order valence-corrected chi connectivity index (χ4v) is 6.00. The maximum Gasteiger partial charge on any atom is 0.303 e. The molecule has 43 heavy (non-hydrogen) atoms. The van der Waals surface area contributed by atoms with Crippen molar-refractivity contribution in [1.82, 2.24) is 10.6 Å². The van der Waals surface area contributed by atoms with Crippen molar-refractivity contribution in [3.63, 3.8) is 0 Å². The van der Waals surface area contributed by atoms with Crippen LogP contribution in [0.4, 0.5) is 0 Å². The number of sulfone groups is 1. The Morgan fingerprint density at radius 2 is 1.84 bits per heavy atom. The van der Waals surface area contributed by atoms with Crippen LogP contribution in [0.2, 0.25) is 0 Å². The van der Waals surface area contributed by atoms with E-state index in [1.54, 1.807) is 13.0 Å². The number of hydrogen-bond acceptors (Lipinski definition) is 9. The number of esters is 1. The van der Waals surface area contributed by atoms with Crippen LogP contribution in [0.15, 0.2) is 36.0 Å². The molecular weight excluding hydrogens is 576 g/mol. The second kappa shape index (κ2) is 15.5. The lowest BCUT2D eigenvalue weighted by Crippen LogP contribution is -2.50. The molecule has 0 bridgehead atoms. The zero-order valence-corrected chi connectivity index (χ0v) is 27.0. The van der Waals surface area contributed by atoms with Crippen molar-refractivity contribution >= 4 is 27.6 Å². The van der Waals surface area contributed by atoms with Crippen LogP contribution in [0.3, 0.4) is 0 Å². The van der Waals surface area contributed by atoms with Gasteiger partial charge in [-0.2, -0.15) is 0 Å². The average Bonchev–Trinajstić information content (AvgIpc) is 3.63. The molecule has 3 saturated heterocycles. The molecule has 0 saturated carbocycles. The Kier molecular flexibility index (Phi) is 12.6. The zero-order chi connectivity index (χ0) is 31.8. The van der Waals surface area contributed by atoms with E-state index in [-0.39, 0.29) is 72.5 Å². The van der Waals surface area contributed by atoms with Gasteiger partial charge in [-0.3, -0.25) is 14.4 Å². The highest BCUT2D eigenvalue weighted by molar-refractivity contribution is 7.90. The van der Waals surface area contributed by atoms with Crippen molar-refractivity contribution in [2.45, 2.75) is 109 Å². The molecule has 3 heterocycles. The van der Waals surface area contributed by atoms with Crippen molar-refractivity contribution < 1.29 is 41.7 Å². The first-order valence-corrected chi connectivity index (χ1v) is 17.1. The predicted molar refractivity (Wildman–Crippen MR) is 162 cm³/mol. The van der Waals surface area contributed by atoms with Crippen molar-refractivity contribution in [2.75, 3.05) is 25.2 Å². The first-order valence-electron chi connectivity index (χ1n) is 15.0. The summed E-state index contributed by atoms with van der Waals surface area (Å²) in [7, 11) is -3.14. The van der Waals surface area contributed by atoms with Gasteiger partial charge in [0.25, 0.3) is 0 Å². The Morgan fingerprint density at radius 1 is 1.12 bits per heavy atom. The molecule has 3 aliphatic rings. The highest BCUT2D eigenvalue weighted by atomic mass is 32.2. The van der Waals surface area contributed by atoms with E-state index in [0.29, 0.717) is 13.0 Å². The second-order valence-corrected chi connectivity index (χ2v) is 14.5. The van der Waals surface area contributed by atoms with Gasteiger partial charge in [-0.15, -0.1) is 0 Å². The van der Waals surface area contributed by atoms with Crippen LogP contribution in [0.1, 0.15) is 66.7 Å². The summed E-state index contributed by atoms with van der Waals surface area (Å²) in [6.07, 6.45) is 12.2. The Labute approximate surface area is 255 Å². The molecule has 3 rings (SSSR count). The Bertz CT molecular complexity index is 1190. The molecule has 1 spiro atoms. The molecule has 2 N–H and O–H groups in total. The topological polar surface area (TPSA) is 150 Å². The van der Waals surface area contributed by atoms with Gasteiger partial charge in [-0.1, -0.05) is 30.7 Å². The third kappa shape index (κ3) is 12.5. The van der Waals surface area contributed by atoms with Gasteiger partial charge in [0.1, 0.15) is 15.9 Å². The minimum atomic E-state index is -3.14. The summed E-state index contributed by atoms with van der Waals surface area (Å²) >= 11 is 0. The number of ether oxygens (including phenoxy) is 4. The summed E-state index contributed by atoms with van der Waals surface area (Å²) in [6.45, 7) is 9.88. The Morgan fingerprint density at radius 3 is 2.49 bits per heavy atom. The van der Waals surface area contributed by atoms with Crippen LogP contribution in [0.5, 0.6) is 0 Å². The van der Waals surface area contributed by atoms with Gasteiger partial charge in [-0.05, 0) is 45.6 Å². The highest BCUT2D eigenvalue weighted by Gasteiger charge is 2.51. The summed E-state index contributed by atoms with van der Waals surface area (Å²) in [5.74, 6) is -0.730. The summed E-state index contributed by atoms with van der Waals surface area (Å²) in [4.78, 5) is 35.7. The van der Waals surface area contributed by atoms with E-state index in [4.69, 9.17) is 18.9 Å². The van der Waals surface area contributed by atoms with Gasteiger partial charge in [0, 0.05) is 38.6 Å². The average molecular weight is 625 g/mol. The van der Waals surface area contributed by atoms with Gasteiger partial charge in [-0.25, -0.2) is 8.42 Å². The normalized spacial score (nSPS) is 32.1. The van der Waals surface area contributed by atoms with Gasteiger partial charge in [0.15, 0.2) is 0 Å². The molecule has 3 fully saturated rings. The SMILES string of the molecule is CC(=O)OC(C)/C=C\C(=O)N[C@@H]1C[C@H](C)[C@H](C/C=C(C)/C=C/[C@@H]2C[C@]3(CO3)C[C@@H](CC(=O)NCCS(C)(=O)=O)O2)O[C@@H]1C. The maximum atomic E-state index is 12.4. The number of hydrogen-bond donors (Lipinski definition) is 2. The first-order chi connectivity index (χ1) is 20.1. The van der Waals surface area contributed by atoms with Crippen LogP contribution in [-0.2, 0) is 43.2 Å². The molecule has 8 atom stereocenters. The molecule has 12 heteroatoms. The first kappa shape index (κ1) is 34.9. The molecule has 1 unspecified atom stereocenters. The molecule has 242 valence electrons. The third-order valence-corrected chi connectivity index (χ3v) is 8.91. The summed E-state index contributed by atoms with van der Waals surface area (Å²) < 4.78 is 45.8. The number of carbonyl (C=O) groups excluding carboxylic acids is 3. The van der Waals surface area contributed by atoms with Crippen molar-refractivity contribution in [2.24, 2.45) is 5.92 Å². The lowest BCUT2D eigenvalue weighted by Gasteiger charge is -2.39. The van der Waals surface area contributed by atoms with E-state index < -0.39 is 21.9 Å². The van der Waals surface area contributed by atoms with Crippen LogP contribution < -0.4 is 10.6 Å². The standard InChI is InChI=1S/C31H48N2O9S/c1-20(7-10-25-17-31(19-39-31)18-26(42-25)16-30(36)32-13-14-43(6,37)38)8-11-28-21(2)15-27(23(4)41-28)33-29(35)12-9-22(3)40-24(5)34/h7-10,12,21-23,25-28H,11,13-19H2,1-6H3,(H,32,36)(H,33,35)/b10-7+,12-9-,20-8+/t21-,22?,23+,25+,26+,27+,28-,31+/m0/s1. The smallest absolute Gasteiger partial charge is 0.303 e. The van der Waals surface area contributed by atoms with Crippen molar-refractivity contribution in [3.05, 3.63) is 36.0 Å². The van der Waals surface area contributed by atoms with Crippen molar-refractivity contribution in [3.8, 4) is 0 Å². The van der Waals surface area contributed by atoms with E-state index in [9.17, 15) is 22.8 Å². The predicted octanol–water partition coefficient (Wildman–Crippen LogP) is 2.55. The van der Waals surface area contributed by atoms with Gasteiger partial charge >= 0.3 is 5.97 Å². The quantitative estimate of drug-likeness (QED) is 0.136. The van der Waals surface area contributed by atoms with Crippen LogP contribution >= 0.6 is 0 Å². The largest absolute Gasteiger partial charge is 0.459 e. The number of carbonyl (C=O) groups is 3. The zero-order valence-electron chi connectivity index (χ0n) is 26.2. The molecular formula is C31H48N2O9S. The lowest BCUT2D eigenvalue weighted by molar-refractivity contribution is -0.143. The van der Waals surface area contributed by atoms with E-state index in [1.807, 2.05) is 26.0 Å². The molecule has 0 radical (unpaired) electrons. The summed E-state index contributed by atoms with van der Waals surface area (Å²) in [5, 5.41) is 5.67. The van der Waals surface area contributed by atoms with Crippen LogP contribution in [0, 0.1) is 5.92 Å². The molecule has 0 aromatic rings. The van der Waals surface area contributed by atoms with Gasteiger partial charge < -0.3 is 29.6 Å². The molecule has 0 aromatic carbocycles. The number of nitrogens with one attached hydrogen (secondary N) is 2. The number of amides is 2. The molecule has 0 aliphatic carbocycles. The minimum Gasteiger partial charge on any atom is -0.459 e. The summed E-state index contributed by atoms with van der Waals surface area (Å²) in [5.41, 5.74) is 0.827. The molecule has 11 nitrogen and oxygen atoms in total. The highest BCUT2D eigenvalue weighted by Crippen LogP contribution is 2.43. The molecule has 2 amide bonds. The lowest BCUT2D eigenvalue weighted by atomic mass is 9.88. The maximum absolute atomic E-state index is 12.4. The van der Waals surface area contributed by atoms with E-state index in [0.717, 1.165) is 31.1 Å². The number of rotatable bonds is 13. The van der Waals surface area contributed by atoms with Crippen LogP contribution in [0.25, 0.3) is 0 Å². The number of epoxide rings is 1. The Hall–Kier alpha value is -2.54. The van der Waals surface area contributed by atoms with Gasteiger partial charge in [0.2, 0.25) is 11.8 Å². The van der Waals surface area contributed by atoms with Crippen LogP contribution in [-0.4, -0.2) is 93.5 Å². The monoisotopic (exact) mass is 624 g/mol. The van der Waals surface area contributed by atoms with Crippen molar-refractivity contribution in [1.29, 1.82) is 0 Å². The third-order valence-electron chi connectivity index (χ3n) is 7.96. The Balaban J connectivity index is 1.46. The molecule has 0 aromatic heterocycles.